The SMILES string of the molecule is CNC(=O)c1ccc(CC(CN(CC(=O)O)C2CCCC(N(CC(=O)O)CC(=O)O)C2)N(CC(=O)O)CC(=O)O)cc1. The third kappa shape index (κ3) is 11.4. The molecule has 2 rings (SSSR count). The Morgan fingerprint density at radius 1 is 0.738 bits per heavy atom. The fourth-order valence-electron chi connectivity index (χ4n) is 5.43. The number of hydrogen-bond acceptors (Lipinski definition) is 9. The quantitative estimate of drug-likeness (QED) is 0.127. The van der Waals surface area contributed by atoms with E-state index in [0.29, 0.717) is 30.4 Å². The zero-order chi connectivity index (χ0) is 31.4. The molecule has 1 saturated carbocycles. The van der Waals surface area contributed by atoms with Gasteiger partial charge in [-0.15, -0.1) is 0 Å². The van der Waals surface area contributed by atoms with Crippen molar-refractivity contribution >= 4 is 35.8 Å². The van der Waals surface area contributed by atoms with Gasteiger partial charge in [-0.3, -0.25) is 43.5 Å². The van der Waals surface area contributed by atoms with Crippen molar-refractivity contribution in [1.29, 1.82) is 0 Å². The van der Waals surface area contributed by atoms with Gasteiger partial charge in [-0.2, -0.15) is 0 Å². The summed E-state index contributed by atoms with van der Waals surface area (Å²) in [6, 6.07) is 4.83. The topological polar surface area (TPSA) is 225 Å². The molecular formula is C27H38N4O11. The Morgan fingerprint density at radius 3 is 1.64 bits per heavy atom. The minimum atomic E-state index is -1.27. The van der Waals surface area contributed by atoms with Crippen LogP contribution in [0.15, 0.2) is 24.3 Å². The van der Waals surface area contributed by atoms with Crippen LogP contribution in [0.2, 0.25) is 0 Å². The highest BCUT2D eigenvalue weighted by Gasteiger charge is 2.35. The van der Waals surface area contributed by atoms with Gasteiger partial charge >= 0.3 is 29.8 Å². The van der Waals surface area contributed by atoms with Crippen molar-refractivity contribution in [2.75, 3.05) is 46.3 Å². The van der Waals surface area contributed by atoms with Gasteiger partial charge in [0.2, 0.25) is 0 Å². The van der Waals surface area contributed by atoms with Crippen molar-refractivity contribution in [2.24, 2.45) is 0 Å². The van der Waals surface area contributed by atoms with E-state index in [9.17, 15) is 54.3 Å². The first-order valence-corrected chi connectivity index (χ1v) is 13.4. The largest absolute Gasteiger partial charge is 0.480 e. The number of carboxylic acids is 5. The van der Waals surface area contributed by atoms with Gasteiger partial charge in [0.05, 0.1) is 32.7 Å². The van der Waals surface area contributed by atoms with Gasteiger partial charge in [0.15, 0.2) is 0 Å². The fraction of sp³-hybridized carbons (Fsp3) is 0.556. The second-order valence-electron chi connectivity index (χ2n) is 10.3. The predicted octanol–water partition coefficient (Wildman–Crippen LogP) is -0.402. The van der Waals surface area contributed by atoms with E-state index in [-0.39, 0.29) is 25.3 Å². The molecule has 0 aromatic heterocycles. The molecule has 15 nitrogen and oxygen atoms in total. The molecule has 0 spiro atoms. The van der Waals surface area contributed by atoms with E-state index in [4.69, 9.17) is 0 Å². The smallest absolute Gasteiger partial charge is 0.317 e. The molecule has 1 aromatic rings. The lowest BCUT2D eigenvalue weighted by molar-refractivity contribution is -0.146. The molecule has 1 aromatic carbocycles. The molecule has 1 aliphatic carbocycles. The Balaban J connectivity index is 2.40. The summed E-state index contributed by atoms with van der Waals surface area (Å²) >= 11 is 0. The van der Waals surface area contributed by atoms with Gasteiger partial charge < -0.3 is 30.8 Å². The van der Waals surface area contributed by atoms with Crippen LogP contribution in [0.5, 0.6) is 0 Å². The van der Waals surface area contributed by atoms with Crippen LogP contribution in [0.3, 0.4) is 0 Å². The maximum Gasteiger partial charge on any atom is 0.317 e. The van der Waals surface area contributed by atoms with Gasteiger partial charge in [0.1, 0.15) is 0 Å². The number of rotatable bonds is 18. The number of aliphatic carboxylic acids is 5. The number of nitrogens with one attached hydrogen (secondary N) is 1. The number of carboxylic acid groups (broad SMARTS) is 5. The fourth-order valence-corrected chi connectivity index (χ4v) is 5.43. The van der Waals surface area contributed by atoms with Crippen LogP contribution in [-0.4, -0.2) is 140 Å². The molecule has 1 aliphatic rings. The van der Waals surface area contributed by atoms with E-state index in [1.54, 1.807) is 29.2 Å². The van der Waals surface area contributed by atoms with E-state index >= 15 is 0 Å². The number of amides is 1. The summed E-state index contributed by atoms with van der Waals surface area (Å²) < 4.78 is 0. The number of carbonyl (C=O) groups excluding carboxylic acids is 1. The Hall–Kier alpha value is -4.08. The summed E-state index contributed by atoms with van der Waals surface area (Å²) in [6.07, 6.45) is 2.04. The van der Waals surface area contributed by atoms with Gasteiger partial charge in [-0.1, -0.05) is 18.6 Å². The predicted molar refractivity (Wildman–Crippen MR) is 146 cm³/mol. The average molecular weight is 595 g/mol. The van der Waals surface area contributed by atoms with Crippen molar-refractivity contribution in [3.05, 3.63) is 35.4 Å². The van der Waals surface area contributed by atoms with E-state index in [0.717, 1.165) is 0 Å². The van der Waals surface area contributed by atoms with Crippen molar-refractivity contribution in [3.8, 4) is 0 Å². The van der Waals surface area contributed by atoms with E-state index in [1.165, 1.54) is 16.8 Å². The van der Waals surface area contributed by atoms with Crippen molar-refractivity contribution < 1.29 is 54.3 Å². The molecule has 0 saturated heterocycles. The monoisotopic (exact) mass is 594 g/mol. The zero-order valence-corrected chi connectivity index (χ0v) is 23.3. The van der Waals surface area contributed by atoms with E-state index in [1.807, 2.05) is 0 Å². The molecule has 6 N–H and O–H groups in total. The molecule has 1 fully saturated rings. The van der Waals surface area contributed by atoms with Crippen LogP contribution in [0.1, 0.15) is 41.6 Å². The molecule has 1 amide bonds. The summed E-state index contributed by atoms with van der Waals surface area (Å²) in [5.74, 6) is -6.39. The summed E-state index contributed by atoms with van der Waals surface area (Å²) in [5.41, 5.74) is 1.05. The molecule has 3 atom stereocenters. The lowest BCUT2D eigenvalue weighted by atomic mass is 9.88. The van der Waals surface area contributed by atoms with Crippen LogP contribution >= 0.6 is 0 Å². The Bertz CT molecular complexity index is 1100. The molecule has 15 heteroatoms. The molecule has 232 valence electrons. The van der Waals surface area contributed by atoms with Gasteiger partial charge in [-0.05, 0) is 43.4 Å². The summed E-state index contributed by atoms with van der Waals surface area (Å²) in [4.78, 5) is 74.2. The lowest BCUT2D eigenvalue weighted by Gasteiger charge is -2.42. The molecule has 42 heavy (non-hydrogen) atoms. The first-order valence-electron chi connectivity index (χ1n) is 13.4. The number of carbonyl (C=O) groups is 6. The van der Waals surface area contributed by atoms with Gasteiger partial charge in [0.25, 0.3) is 5.91 Å². The molecule has 0 bridgehead atoms. The average Bonchev–Trinajstić information content (AvgIpc) is 2.90. The number of nitrogens with zero attached hydrogens (tertiary/aromatic N) is 3. The van der Waals surface area contributed by atoms with Crippen LogP contribution in [-0.2, 0) is 30.4 Å². The Labute approximate surface area is 242 Å². The summed E-state index contributed by atoms with van der Waals surface area (Å²) in [6.45, 7) is -2.71. The maximum atomic E-state index is 11.9. The van der Waals surface area contributed by atoms with Crippen molar-refractivity contribution in [3.63, 3.8) is 0 Å². The highest BCUT2D eigenvalue weighted by molar-refractivity contribution is 5.93. The van der Waals surface area contributed by atoms with Crippen molar-refractivity contribution in [1.82, 2.24) is 20.0 Å². The second kappa shape index (κ2) is 16.4. The third-order valence-electron chi connectivity index (χ3n) is 7.22. The first kappa shape index (κ1) is 34.1. The first-order chi connectivity index (χ1) is 19.8. The number of hydrogen-bond donors (Lipinski definition) is 6. The van der Waals surface area contributed by atoms with Gasteiger partial charge in [-0.25, -0.2) is 0 Å². The van der Waals surface area contributed by atoms with Crippen LogP contribution in [0, 0.1) is 0 Å². The lowest BCUT2D eigenvalue weighted by Crippen LogP contribution is -2.54. The highest BCUT2D eigenvalue weighted by Crippen LogP contribution is 2.28. The highest BCUT2D eigenvalue weighted by atomic mass is 16.4. The molecular weight excluding hydrogens is 556 g/mol. The standard InChI is InChI=1S/C27H38N4O11/c1-28-27(42)18-7-5-17(6-8-18)9-21(31(15-25(38)39)16-26(40)41)11-29(12-22(32)33)19-3-2-4-20(10-19)30(13-23(34)35)14-24(36)37/h5-8,19-21H,2-4,9-16H2,1H3,(H,28,42)(H,32,33)(H,34,35)(H,36,37)(H,38,39)(H,40,41). The Kier molecular flexibility index (Phi) is 13.3. The second-order valence-corrected chi connectivity index (χ2v) is 10.3. The third-order valence-corrected chi connectivity index (χ3v) is 7.22. The number of benzene rings is 1. The molecule has 0 heterocycles. The van der Waals surface area contributed by atoms with E-state index < -0.39 is 80.7 Å². The van der Waals surface area contributed by atoms with Crippen LogP contribution in [0.4, 0.5) is 0 Å². The van der Waals surface area contributed by atoms with Gasteiger partial charge in [0, 0.05) is 37.3 Å². The normalized spacial score (nSPS) is 17.6. The summed E-state index contributed by atoms with van der Waals surface area (Å²) in [7, 11) is 1.48. The maximum absolute atomic E-state index is 11.9. The van der Waals surface area contributed by atoms with Crippen molar-refractivity contribution in [2.45, 2.75) is 50.2 Å². The minimum Gasteiger partial charge on any atom is -0.480 e. The van der Waals surface area contributed by atoms with E-state index in [2.05, 4.69) is 5.32 Å². The molecule has 0 aliphatic heterocycles. The molecule has 0 radical (unpaired) electrons. The molecule has 3 unspecified atom stereocenters. The minimum absolute atomic E-state index is 0.0285. The van der Waals surface area contributed by atoms with Crippen LogP contribution < -0.4 is 5.32 Å². The van der Waals surface area contributed by atoms with Crippen LogP contribution in [0.25, 0.3) is 0 Å². The zero-order valence-electron chi connectivity index (χ0n) is 23.3. The Morgan fingerprint density at radius 2 is 1.19 bits per heavy atom. The summed E-state index contributed by atoms with van der Waals surface area (Å²) in [5, 5.41) is 49.9.